The number of anilines is 1. The number of aromatic nitrogens is 1. The molecule has 0 radical (unpaired) electrons. The molecule has 5 heteroatoms. The van der Waals surface area contributed by atoms with Gasteiger partial charge in [-0.15, -0.1) is 0 Å². The first-order chi connectivity index (χ1) is 10.5. The van der Waals surface area contributed by atoms with Crippen molar-refractivity contribution in [1.29, 1.82) is 0 Å². The zero-order valence-electron chi connectivity index (χ0n) is 11.8. The Bertz CT molecular complexity index is 883. The van der Waals surface area contributed by atoms with Crippen LogP contribution in [0.1, 0.15) is 27.8 Å². The molecule has 0 aliphatic heterocycles. The van der Waals surface area contributed by atoms with Crippen molar-refractivity contribution in [1.82, 2.24) is 4.98 Å². The van der Waals surface area contributed by atoms with E-state index in [-0.39, 0.29) is 11.7 Å². The largest absolute Gasteiger partial charge is 0.351 e. The van der Waals surface area contributed by atoms with Crippen LogP contribution >= 0.6 is 11.6 Å². The number of Topliss-reactive ketones (excluding diaryl/α,β-unsaturated/α-hetero) is 1. The first-order valence-electron chi connectivity index (χ1n) is 6.73. The maximum atomic E-state index is 12.3. The van der Waals surface area contributed by atoms with Crippen molar-refractivity contribution >= 4 is 39.9 Å². The van der Waals surface area contributed by atoms with Crippen molar-refractivity contribution in [2.24, 2.45) is 0 Å². The fraction of sp³-hybridized carbons (Fsp3) is 0.0588. The maximum Gasteiger partial charge on any atom is 0.272 e. The van der Waals surface area contributed by atoms with Gasteiger partial charge < -0.3 is 10.3 Å². The molecule has 22 heavy (non-hydrogen) atoms. The molecule has 0 fully saturated rings. The lowest BCUT2D eigenvalue weighted by Crippen LogP contribution is -2.12. The van der Waals surface area contributed by atoms with Crippen LogP contribution in [0.15, 0.2) is 48.5 Å². The Labute approximate surface area is 132 Å². The first-order valence-corrected chi connectivity index (χ1v) is 7.11. The van der Waals surface area contributed by atoms with E-state index in [1.807, 2.05) is 6.07 Å². The number of rotatable bonds is 3. The Balaban J connectivity index is 1.86. The molecule has 0 bridgehead atoms. The zero-order chi connectivity index (χ0) is 15.7. The molecule has 2 aromatic carbocycles. The number of amides is 1. The average molecular weight is 313 g/mol. The van der Waals surface area contributed by atoms with Gasteiger partial charge in [-0.3, -0.25) is 9.59 Å². The first kappa shape index (κ1) is 14.4. The molecule has 1 amide bonds. The van der Waals surface area contributed by atoms with E-state index in [2.05, 4.69) is 10.3 Å². The third-order valence-electron chi connectivity index (χ3n) is 3.35. The topological polar surface area (TPSA) is 62.0 Å². The Morgan fingerprint density at radius 3 is 2.68 bits per heavy atom. The lowest BCUT2D eigenvalue weighted by molar-refractivity contribution is 0.100. The summed E-state index contributed by atoms with van der Waals surface area (Å²) in [5.74, 6) is -0.315. The maximum absolute atomic E-state index is 12.3. The monoisotopic (exact) mass is 312 g/mol. The fourth-order valence-corrected chi connectivity index (χ4v) is 2.42. The van der Waals surface area contributed by atoms with Crippen molar-refractivity contribution in [3.63, 3.8) is 0 Å². The highest BCUT2D eigenvalue weighted by atomic mass is 35.5. The van der Waals surface area contributed by atoms with E-state index in [4.69, 9.17) is 11.6 Å². The van der Waals surface area contributed by atoms with Gasteiger partial charge in [-0.05, 0) is 43.3 Å². The highest BCUT2D eigenvalue weighted by Gasteiger charge is 2.11. The number of halogens is 1. The zero-order valence-corrected chi connectivity index (χ0v) is 12.6. The molecule has 3 rings (SSSR count). The van der Waals surface area contributed by atoms with Crippen LogP contribution in [-0.2, 0) is 0 Å². The number of hydrogen-bond acceptors (Lipinski definition) is 2. The number of carbonyl (C=O) groups is 2. The predicted octanol–water partition coefficient (Wildman–Crippen LogP) is 4.28. The molecule has 0 saturated carbocycles. The van der Waals surface area contributed by atoms with Gasteiger partial charge in [0.15, 0.2) is 5.78 Å². The number of carbonyl (C=O) groups excluding carboxylic acids is 2. The van der Waals surface area contributed by atoms with E-state index in [9.17, 15) is 9.59 Å². The molecule has 0 unspecified atom stereocenters. The van der Waals surface area contributed by atoms with Gasteiger partial charge in [0, 0.05) is 27.2 Å². The van der Waals surface area contributed by atoms with E-state index < -0.39 is 0 Å². The number of nitrogens with one attached hydrogen (secondary N) is 2. The average Bonchev–Trinajstić information content (AvgIpc) is 2.90. The molecular weight excluding hydrogens is 300 g/mol. The number of fused-ring (bicyclic) bond motifs is 1. The van der Waals surface area contributed by atoms with Gasteiger partial charge in [-0.1, -0.05) is 23.7 Å². The summed E-state index contributed by atoms with van der Waals surface area (Å²) in [5.41, 5.74) is 2.41. The second kappa shape index (κ2) is 5.66. The summed E-state index contributed by atoms with van der Waals surface area (Å²) in [7, 11) is 0. The quantitative estimate of drug-likeness (QED) is 0.709. The number of ketones is 1. The standard InChI is InChI=1S/C17H13ClN2O2/c1-10(21)11-3-2-4-14(8-11)19-17(22)16-9-12-7-13(18)5-6-15(12)20-16/h2-9,20H,1H3,(H,19,22). The van der Waals surface area contributed by atoms with Gasteiger partial charge in [0.1, 0.15) is 5.69 Å². The summed E-state index contributed by atoms with van der Waals surface area (Å²) in [6.07, 6.45) is 0. The number of H-pyrrole nitrogens is 1. The van der Waals surface area contributed by atoms with Gasteiger partial charge in [0.25, 0.3) is 5.91 Å². The summed E-state index contributed by atoms with van der Waals surface area (Å²) >= 11 is 5.94. The second-order valence-electron chi connectivity index (χ2n) is 5.01. The Morgan fingerprint density at radius 1 is 1.09 bits per heavy atom. The normalized spacial score (nSPS) is 10.6. The van der Waals surface area contributed by atoms with E-state index in [0.717, 1.165) is 10.9 Å². The van der Waals surface area contributed by atoms with E-state index in [0.29, 0.717) is 22.0 Å². The fourth-order valence-electron chi connectivity index (χ4n) is 2.24. The van der Waals surface area contributed by atoms with E-state index >= 15 is 0 Å². The van der Waals surface area contributed by atoms with Crippen molar-refractivity contribution in [3.8, 4) is 0 Å². The summed E-state index contributed by atoms with van der Waals surface area (Å²) in [4.78, 5) is 26.7. The lowest BCUT2D eigenvalue weighted by Gasteiger charge is -2.05. The van der Waals surface area contributed by atoms with Crippen LogP contribution in [-0.4, -0.2) is 16.7 Å². The van der Waals surface area contributed by atoms with Gasteiger partial charge in [0.05, 0.1) is 0 Å². The van der Waals surface area contributed by atoms with Crippen molar-refractivity contribution in [3.05, 3.63) is 64.8 Å². The SMILES string of the molecule is CC(=O)c1cccc(NC(=O)c2cc3cc(Cl)ccc3[nH]2)c1. The van der Waals surface area contributed by atoms with Crippen molar-refractivity contribution in [2.45, 2.75) is 6.92 Å². The second-order valence-corrected chi connectivity index (χ2v) is 5.44. The molecule has 0 atom stereocenters. The molecule has 0 spiro atoms. The van der Waals surface area contributed by atoms with Crippen LogP contribution in [0.2, 0.25) is 5.02 Å². The summed E-state index contributed by atoms with van der Waals surface area (Å²) in [5, 5.41) is 4.26. The summed E-state index contributed by atoms with van der Waals surface area (Å²) < 4.78 is 0. The van der Waals surface area contributed by atoms with Gasteiger partial charge in [-0.2, -0.15) is 0 Å². The highest BCUT2D eigenvalue weighted by Crippen LogP contribution is 2.21. The Kier molecular flexibility index (Phi) is 3.69. The summed E-state index contributed by atoms with van der Waals surface area (Å²) in [6.45, 7) is 1.49. The smallest absolute Gasteiger partial charge is 0.272 e. The van der Waals surface area contributed by atoms with Gasteiger partial charge >= 0.3 is 0 Å². The molecule has 4 nitrogen and oxygen atoms in total. The molecule has 2 N–H and O–H groups in total. The Morgan fingerprint density at radius 2 is 1.91 bits per heavy atom. The number of hydrogen-bond donors (Lipinski definition) is 2. The third kappa shape index (κ3) is 2.87. The number of aromatic amines is 1. The molecule has 1 aromatic heterocycles. The number of benzene rings is 2. The molecule has 1 heterocycles. The highest BCUT2D eigenvalue weighted by molar-refractivity contribution is 6.31. The van der Waals surface area contributed by atoms with Crippen molar-refractivity contribution < 1.29 is 9.59 Å². The van der Waals surface area contributed by atoms with Crippen LogP contribution in [0.25, 0.3) is 10.9 Å². The lowest BCUT2D eigenvalue weighted by atomic mass is 10.1. The molecule has 110 valence electrons. The van der Waals surface area contributed by atoms with Crippen LogP contribution in [0, 0.1) is 0 Å². The Hall–Kier alpha value is -2.59. The van der Waals surface area contributed by atoms with Crippen LogP contribution in [0.4, 0.5) is 5.69 Å². The van der Waals surface area contributed by atoms with Gasteiger partial charge in [0.2, 0.25) is 0 Å². The molecular formula is C17H13ClN2O2. The van der Waals surface area contributed by atoms with Crippen LogP contribution in [0.5, 0.6) is 0 Å². The van der Waals surface area contributed by atoms with E-state index in [1.54, 1.807) is 42.5 Å². The van der Waals surface area contributed by atoms with Crippen LogP contribution in [0.3, 0.4) is 0 Å². The molecule has 0 aliphatic rings. The summed E-state index contributed by atoms with van der Waals surface area (Å²) in [6, 6.07) is 14.0. The molecule has 0 aliphatic carbocycles. The minimum absolute atomic E-state index is 0.0450. The minimum atomic E-state index is -0.270. The van der Waals surface area contributed by atoms with Crippen molar-refractivity contribution in [2.75, 3.05) is 5.32 Å². The molecule has 0 saturated heterocycles. The molecule has 3 aromatic rings. The van der Waals surface area contributed by atoms with Gasteiger partial charge in [-0.25, -0.2) is 0 Å². The minimum Gasteiger partial charge on any atom is -0.351 e. The predicted molar refractivity (Wildman–Crippen MR) is 87.7 cm³/mol. The van der Waals surface area contributed by atoms with E-state index in [1.165, 1.54) is 6.92 Å². The van der Waals surface area contributed by atoms with Crippen LogP contribution < -0.4 is 5.32 Å². The third-order valence-corrected chi connectivity index (χ3v) is 3.59.